The number of benzene rings is 2. The quantitative estimate of drug-likeness (QED) is 0.902. The van der Waals surface area contributed by atoms with Gasteiger partial charge in [0.2, 0.25) is 5.91 Å². The van der Waals surface area contributed by atoms with Gasteiger partial charge in [0.25, 0.3) is 0 Å². The molecule has 4 heteroatoms. The Bertz CT molecular complexity index is 712. The van der Waals surface area contributed by atoms with Crippen molar-refractivity contribution in [3.05, 3.63) is 59.7 Å². The number of ether oxygens (including phenoxy) is 1. The van der Waals surface area contributed by atoms with Crippen molar-refractivity contribution in [3.8, 4) is 0 Å². The Hall–Kier alpha value is -2.33. The fraction of sp³-hybridized carbons (Fsp3) is 0.381. The number of carbonyl (C=O) groups excluding carboxylic acids is 1. The fourth-order valence-corrected chi connectivity index (χ4v) is 3.33. The highest BCUT2D eigenvalue weighted by atomic mass is 16.5. The first-order valence-corrected chi connectivity index (χ1v) is 8.87. The molecule has 1 aliphatic rings. The number of amides is 1. The predicted molar refractivity (Wildman–Crippen MR) is 102 cm³/mol. The van der Waals surface area contributed by atoms with Crippen molar-refractivity contribution in [2.75, 3.05) is 30.4 Å². The molecule has 1 aliphatic heterocycles. The lowest BCUT2D eigenvalue weighted by atomic mass is 10.1. The summed E-state index contributed by atoms with van der Waals surface area (Å²) >= 11 is 0. The summed E-state index contributed by atoms with van der Waals surface area (Å²) in [5.74, 6) is 0.00997. The number of aryl methyl sites for hydroxylation is 1. The number of hydrogen-bond donors (Lipinski definition) is 1. The van der Waals surface area contributed by atoms with Crippen LogP contribution in [0.5, 0.6) is 0 Å². The van der Waals surface area contributed by atoms with Gasteiger partial charge in [-0.25, -0.2) is 0 Å². The van der Waals surface area contributed by atoms with E-state index in [9.17, 15) is 4.79 Å². The molecule has 1 saturated heterocycles. The van der Waals surface area contributed by atoms with Gasteiger partial charge in [-0.1, -0.05) is 29.8 Å². The van der Waals surface area contributed by atoms with E-state index < -0.39 is 0 Å². The van der Waals surface area contributed by atoms with Crippen molar-refractivity contribution in [2.24, 2.45) is 0 Å². The molecular formula is C21H26N2O2. The van der Waals surface area contributed by atoms with Crippen LogP contribution in [0.25, 0.3) is 0 Å². The lowest BCUT2D eigenvalue weighted by Crippen LogP contribution is -2.39. The van der Waals surface area contributed by atoms with E-state index >= 15 is 0 Å². The van der Waals surface area contributed by atoms with Crippen LogP contribution in [0.2, 0.25) is 0 Å². The minimum atomic E-state index is 0.00997. The third kappa shape index (κ3) is 4.83. The lowest BCUT2D eigenvalue weighted by Gasteiger charge is -2.33. The van der Waals surface area contributed by atoms with Crippen LogP contribution in [0.3, 0.4) is 0 Å². The van der Waals surface area contributed by atoms with Gasteiger partial charge in [-0.2, -0.15) is 0 Å². The number of nitrogens with one attached hydrogen (secondary N) is 1. The standard InChI is InChI=1S/C21H26N2O2/c1-16-5-3-6-17(13-16)14-21(24)22-18-8-10-19(11-9-18)23-12-4-7-20(15-23)25-2/h3,5-6,8-11,13,20H,4,7,12,14-15H2,1-2H3,(H,22,24)/t20-/m1/s1. The molecule has 1 amide bonds. The molecule has 132 valence electrons. The zero-order chi connectivity index (χ0) is 17.6. The number of piperidine rings is 1. The molecule has 0 aromatic heterocycles. The summed E-state index contributed by atoms with van der Waals surface area (Å²) in [6, 6.07) is 16.1. The largest absolute Gasteiger partial charge is 0.380 e. The van der Waals surface area contributed by atoms with Crippen molar-refractivity contribution >= 4 is 17.3 Å². The molecule has 0 unspecified atom stereocenters. The molecule has 25 heavy (non-hydrogen) atoms. The Morgan fingerprint density at radius 2 is 2.04 bits per heavy atom. The highest BCUT2D eigenvalue weighted by molar-refractivity contribution is 5.92. The van der Waals surface area contributed by atoms with Gasteiger partial charge in [0.05, 0.1) is 12.5 Å². The van der Waals surface area contributed by atoms with Crippen molar-refractivity contribution in [2.45, 2.75) is 32.3 Å². The highest BCUT2D eigenvalue weighted by Crippen LogP contribution is 2.23. The van der Waals surface area contributed by atoms with Gasteiger partial charge in [-0.15, -0.1) is 0 Å². The maximum atomic E-state index is 12.2. The van der Waals surface area contributed by atoms with Crippen molar-refractivity contribution in [3.63, 3.8) is 0 Å². The molecule has 1 atom stereocenters. The third-order valence-corrected chi connectivity index (χ3v) is 4.67. The lowest BCUT2D eigenvalue weighted by molar-refractivity contribution is -0.115. The van der Waals surface area contributed by atoms with Crippen molar-refractivity contribution in [1.29, 1.82) is 0 Å². The van der Waals surface area contributed by atoms with E-state index in [2.05, 4.69) is 22.3 Å². The maximum Gasteiger partial charge on any atom is 0.228 e. The third-order valence-electron chi connectivity index (χ3n) is 4.67. The van der Waals surface area contributed by atoms with Crippen LogP contribution in [0.15, 0.2) is 48.5 Å². The molecule has 0 radical (unpaired) electrons. The zero-order valence-electron chi connectivity index (χ0n) is 15.0. The predicted octanol–water partition coefficient (Wildman–Crippen LogP) is 3.79. The summed E-state index contributed by atoms with van der Waals surface area (Å²) in [4.78, 5) is 14.6. The Morgan fingerprint density at radius 1 is 1.24 bits per heavy atom. The molecule has 1 heterocycles. The van der Waals surface area contributed by atoms with E-state index in [-0.39, 0.29) is 5.91 Å². The molecule has 0 saturated carbocycles. The van der Waals surface area contributed by atoms with Gasteiger partial charge >= 0.3 is 0 Å². The number of anilines is 2. The number of carbonyl (C=O) groups is 1. The summed E-state index contributed by atoms with van der Waals surface area (Å²) in [7, 11) is 1.78. The number of nitrogens with zero attached hydrogens (tertiary/aromatic N) is 1. The maximum absolute atomic E-state index is 12.2. The van der Waals surface area contributed by atoms with Gasteiger partial charge < -0.3 is 15.0 Å². The molecule has 0 aliphatic carbocycles. The SMILES string of the molecule is CO[C@@H]1CCCN(c2ccc(NC(=O)Cc3cccc(C)c3)cc2)C1. The molecule has 1 N–H and O–H groups in total. The molecule has 1 fully saturated rings. The minimum Gasteiger partial charge on any atom is -0.380 e. The topological polar surface area (TPSA) is 41.6 Å². The molecule has 2 aromatic rings. The second kappa shape index (κ2) is 8.17. The summed E-state index contributed by atoms with van der Waals surface area (Å²) in [5, 5.41) is 2.98. The monoisotopic (exact) mass is 338 g/mol. The van der Waals surface area contributed by atoms with Gasteiger partial charge in [0.15, 0.2) is 0 Å². The second-order valence-electron chi connectivity index (χ2n) is 6.71. The number of methoxy groups -OCH3 is 1. The van der Waals surface area contributed by atoms with Crippen LogP contribution in [0, 0.1) is 6.92 Å². The first-order valence-electron chi connectivity index (χ1n) is 8.87. The summed E-state index contributed by atoms with van der Waals surface area (Å²) in [6.07, 6.45) is 2.97. The minimum absolute atomic E-state index is 0.00997. The first kappa shape index (κ1) is 17.5. The molecule has 0 spiro atoms. The van der Waals surface area contributed by atoms with E-state index in [0.717, 1.165) is 37.2 Å². The van der Waals surface area contributed by atoms with Crippen LogP contribution in [-0.4, -0.2) is 32.2 Å². The summed E-state index contributed by atoms with van der Waals surface area (Å²) < 4.78 is 5.49. The van der Waals surface area contributed by atoms with Crippen LogP contribution in [0.1, 0.15) is 24.0 Å². The van der Waals surface area contributed by atoms with Crippen LogP contribution >= 0.6 is 0 Å². The van der Waals surface area contributed by atoms with Gasteiger partial charge in [-0.3, -0.25) is 4.79 Å². The molecule has 0 bridgehead atoms. The zero-order valence-corrected chi connectivity index (χ0v) is 15.0. The molecule has 3 rings (SSSR count). The van der Waals surface area contributed by atoms with Gasteiger partial charge in [0, 0.05) is 31.6 Å². The fourth-order valence-electron chi connectivity index (χ4n) is 3.33. The molecule has 4 nitrogen and oxygen atoms in total. The normalized spacial score (nSPS) is 17.4. The number of hydrogen-bond acceptors (Lipinski definition) is 3. The van der Waals surface area contributed by atoms with Crippen LogP contribution in [0.4, 0.5) is 11.4 Å². The summed E-state index contributed by atoms with van der Waals surface area (Å²) in [5.41, 5.74) is 4.22. The summed E-state index contributed by atoms with van der Waals surface area (Å²) in [6.45, 7) is 4.02. The van der Waals surface area contributed by atoms with Gasteiger partial charge in [0.1, 0.15) is 0 Å². The first-order chi connectivity index (χ1) is 12.1. The average molecular weight is 338 g/mol. The smallest absolute Gasteiger partial charge is 0.228 e. The van der Waals surface area contributed by atoms with Gasteiger partial charge in [-0.05, 0) is 49.6 Å². The van der Waals surface area contributed by atoms with Crippen LogP contribution < -0.4 is 10.2 Å². The molecular weight excluding hydrogens is 312 g/mol. The van der Waals surface area contributed by atoms with E-state index in [0.29, 0.717) is 12.5 Å². The Kier molecular flexibility index (Phi) is 5.71. The van der Waals surface area contributed by atoms with Crippen LogP contribution in [-0.2, 0) is 16.0 Å². The number of rotatable bonds is 5. The molecule has 2 aromatic carbocycles. The Labute approximate surface area is 149 Å². The van der Waals surface area contributed by atoms with Crippen molar-refractivity contribution < 1.29 is 9.53 Å². The Morgan fingerprint density at radius 3 is 2.76 bits per heavy atom. The van der Waals surface area contributed by atoms with E-state index in [1.807, 2.05) is 43.3 Å². The van der Waals surface area contributed by atoms with E-state index in [1.165, 1.54) is 11.3 Å². The van der Waals surface area contributed by atoms with Crippen molar-refractivity contribution in [1.82, 2.24) is 0 Å². The average Bonchev–Trinajstić information content (AvgIpc) is 2.62. The Balaban J connectivity index is 1.58. The van der Waals surface area contributed by atoms with E-state index in [4.69, 9.17) is 4.74 Å². The second-order valence-corrected chi connectivity index (χ2v) is 6.71. The highest BCUT2D eigenvalue weighted by Gasteiger charge is 2.19. The van der Waals surface area contributed by atoms with E-state index in [1.54, 1.807) is 7.11 Å².